The summed E-state index contributed by atoms with van der Waals surface area (Å²) in [6, 6.07) is 7.53. The van der Waals surface area contributed by atoms with Gasteiger partial charge in [-0.1, -0.05) is 61.2 Å². The molecule has 32 heavy (non-hydrogen) atoms. The molecule has 0 N–H and O–H groups in total. The average Bonchev–Trinajstić information content (AvgIpc) is 2.75. The fourth-order valence-corrected chi connectivity index (χ4v) is 3.87. The van der Waals surface area contributed by atoms with Gasteiger partial charge in [0, 0.05) is 39.0 Å². The molecule has 166 valence electrons. The molecule has 1 unspecified atom stereocenters. The number of hydrogen-bond donors (Lipinski definition) is 0. The molecule has 0 aliphatic heterocycles. The van der Waals surface area contributed by atoms with E-state index in [1.807, 2.05) is 24.3 Å². The lowest BCUT2D eigenvalue weighted by atomic mass is 9.81. The Bertz CT molecular complexity index is 1160. The van der Waals surface area contributed by atoms with Crippen LogP contribution in [0.1, 0.15) is 57.6 Å². The summed E-state index contributed by atoms with van der Waals surface area (Å²) in [6.45, 7) is 14.9. The van der Waals surface area contributed by atoms with Crippen molar-refractivity contribution in [3.63, 3.8) is 0 Å². The van der Waals surface area contributed by atoms with Gasteiger partial charge in [0.15, 0.2) is 0 Å². The van der Waals surface area contributed by atoms with Gasteiger partial charge in [-0.3, -0.25) is 0 Å². The highest BCUT2D eigenvalue weighted by atomic mass is 16.5. The second-order valence-electron chi connectivity index (χ2n) is 8.53. The van der Waals surface area contributed by atoms with Crippen molar-refractivity contribution in [1.82, 2.24) is 0 Å². The molecule has 0 heterocycles. The van der Waals surface area contributed by atoms with Gasteiger partial charge in [0.2, 0.25) is 0 Å². The van der Waals surface area contributed by atoms with E-state index >= 15 is 0 Å². The monoisotopic (exact) mass is 430 g/mol. The third kappa shape index (κ3) is 4.91. The van der Waals surface area contributed by atoms with Gasteiger partial charge in [-0.05, 0) is 47.0 Å². The molecule has 2 aromatic carbocycles. The van der Waals surface area contributed by atoms with E-state index < -0.39 is 11.9 Å². The number of benzene rings is 2. The lowest BCUT2D eigenvalue weighted by molar-refractivity contribution is -0.131. The van der Waals surface area contributed by atoms with Crippen LogP contribution in [0.25, 0.3) is 10.8 Å². The molecule has 0 saturated heterocycles. The molecule has 3 rings (SSSR count). The largest absolute Gasteiger partial charge is 0.422 e. The predicted octanol–water partition coefficient (Wildman–Crippen LogP) is 6.75. The third-order valence-corrected chi connectivity index (χ3v) is 5.44. The summed E-state index contributed by atoms with van der Waals surface area (Å²) in [6.07, 6.45) is 8.75. The van der Waals surface area contributed by atoms with Crippen LogP contribution < -0.4 is 9.47 Å². The molecule has 1 aliphatic rings. The van der Waals surface area contributed by atoms with Crippen LogP contribution in [0.5, 0.6) is 11.5 Å². The Morgan fingerprint density at radius 1 is 0.969 bits per heavy atom. The van der Waals surface area contributed by atoms with Gasteiger partial charge in [-0.15, -0.1) is 0 Å². The minimum atomic E-state index is -0.473. The van der Waals surface area contributed by atoms with E-state index in [0.717, 1.165) is 34.7 Å². The average molecular weight is 431 g/mol. The van der Waals surface area contributed by atoms with Gasteiger partial charge in [0.1, 0.15) is 11.5 Å². The van der Waals surface area contributed by atoms with Crippen LogP contribution >= 0.6 is 0 Å². The number of carbonyl (C=O) groups is 2. The first kappa shape index (κ1) is 23.3. The van der Waals surface area contributed by atoms with E-state index in [-0.39, 0.29) is 5.92 Å². The number of esters is 2. The Morgan fingerprint density at radius 3 is 2.09 bits per heavy atom. The Labute approximate surface area is 189 Å². The molecule has 0 saturated carbocycles. The highest BCUT2D eigenvalue weighted by Crippen LogP contribution is 2.48. The topological polar surface area (TPSA) is 52.6 Å². The first-order valence-electron chi connectivity index (χ1n) is 10.8. The molecule has 0 spiro atoms. The Morgan fingerprint density at radius 2 is 1.53 bits per heavy atom. The van der Waals surface area contributed by atoms with Gasteiger partial charge in [-0.2, -0.15) is 0 Å². The molecule has 4 heteroatoms. The first-order chi connectivity index (χ1) is 15.2. The zero-order chi connectivity index (χ0) is 23.4. The van der Waals surface area contributed by atoms with E-state index in [2.05, 4.69) is 45.2 Å². The quantitative estimate of drug-likeness (QED) is 0.211. The normalized spacial score (nSPS) is 14.4. The van der Waals surface area contributed by atoms with E-state index in [0.29, 0.717) is 29.1 Å². The van der Waals surface area contributed by atoms with Crippen LogP contribution in [0.4, 0.5) is 0 Å². The number of fused-ring (bicyclic) bond motifs is 2. The number of rotatable bonds is 7. The molecule has 0 amide bonds. The van der Waals surface area contributed by atoms with Gasteiger partial charge in [0.25, 0.3) is 0 Å². The second-order valence-corrected chi connectivity index (χ2v) is 8.53. The first-order valence-corrected chi connectivity index (χ1v) is 10.8. The number of allylic oxidation sites excluding steroid dienone is 4. The van der Waals surface area contributed by atoms with E-state index in [1.165, 1.54) is 5.57 Å². The summed E-state index contributed by atoms with van der Waals surface area (Å²) in [7, 11) is 0. The predicted molar refractivity (Wildman–Crippen MR) is 129 cm³/mol. The third-order valence-electron chi connectivity index (χ3n) is 5.44. The van der Waals surface area contributed by atoms with Crippen LogP contribution in [-0.2, 0) is 16.0 Å². The van der Waals surface area contributed by atoms with E-state index in [4.69, 9.17) is 9.47 Å². The Hall–Kier alpha value is -3.40. The van der Waals surface area contributed by atoms with Crippen molar-refractivity contribution in [2.24, 2.45) is 0 Å². The molecule has 1 aliphatic carbocycles. The van der Waals surface area contributed by atoms with Crippen LogP contribution in [0.15, 0.2) is 72.4 Å². The van der Waals surface area contributed by atoms with Crippen LogP contribution in [0, 0.1) is 0 Å². The minimum absolute atomic E-state index is 0.0224. The summed E-state index contributed by atoms with van der Waals surface area (Å²) >= 11 is 0. The van der Waals surface area contributed by atoms with Crippen molar-refractivity contribution in [2.45, 2.75) is 52.9 Å². The maximum absolute atomic E-state index is 12.6. The maximum Gasteiger partial charge on any atom is 0.338 e. The standard InChI is InChI=1S/C28H30O4/c1-17(2)11-9-12-20-13-10-16-23-24(20)26(32-28(30)19(5)6)22-15-8-7-14-21(22)25(23)31-27(29)18(3)4/h7-8,10-11,13-15,20H,3,5,9,12,16H2,1-2,4,6H3. The molecule has 0 fully saturated rings. The number of ether oxygens (including phenoxy) is 2. The minimum Gasteiger partial charge on any atom is -0.422 e. The molecule has 2 aromatic rings. The van der Waals surface area contributed by atoms with Crippen molar-refractivity contribution in [2.75, 3.05) is 0 Å². The highest BCUT2D eigenvalue weighted by Gasteiger charge is 2.29. The van der Waals surface area contributed by atoms with Crippen molar-refractivity contribution in [3.05, 3.63) is 83.5 Å². The van der Waals surface area contributed by atoms with Crippen molar-refractivity contribution in [1.29, 1.82) is 0 Å². The van der Waals surface area contributed by atoms with Crippen molar-refractivity contribution in [3.8, 4) is 11.5 Å². The summed E-state index contributed by atoms with van der Waals surface area (Å²) in [5.41, 5.74) is 3.67. The zero-order valence-electron chi connectivity index (χ0n) is 19.3. The highest BCUT2D eigenvalue weighted by molar-refractivity contribution is 6.01. The number of hydrogen-bond acceptors (Lipinski definition) is 4. The SMILES string of the molecule is C=C(C)C(=O)Oc1c2c(c(OC(=O)C(=C)C)c3ccccc13)C(CCC=C(C)C)C=CC2. The molecular formula is C28H30O4. The molecule has 4 nitrogen and oxygen atoms in total. The zero-order valence-corrected chi connectivity index (χ0v) is 19.3. The molecule has 0 aromatic heterocycles. The van der Waals surface area contributed by atoms with Crippen molar-refractivity contribution >= 4 is 22.7 Å². The van der Waals surface area contributed by atoms with Gasteiger partial charge >= 0.3 is 11.9 Å². The van der Waals surface area contributed by atoms with Gasteiger partial charge < -0.3 is 9.47 Å². The fraction of sp³-hybridized carbons (Fsp3) is 0.286. The Balaban J connectivity index is 2.27. The van der Waals surface area contributed by atoms with Crippen molar-refractivity contribution < 1.29 is 19.1 Å². The lowest BCUT2D eigenvalue weighted by Crippen LogP contribution is -2.17. The summed E-state index contributed by atoms with van der Waals surface area (Å²) < 4.78 is 11.8. The molecule has 0 radical (unpaired) electrons. The maximum atomic E-state index is 12.6. The summed E-state index contributed by atoms with van der Waals surface area (Å²) in [4.78, 5) is 25.0. The van der Waals surface area contributed by atoms with E-state index in [1.54, 1.807) is 13.8 Å². The molecular weight excluding hydrogens is 400 g/mol. The number of carbonyl (C=O) groups excluding carboxylic acids is 2. The Kier molecular flexibility index (Phi) is 7.14. The fourth-order valence-electron chi connectivity index (χ4n) is 3.87. The van der Waals surface area contributed by atoms with E-state index in [9.17, 15) is 9.59 Å². The summed E-state index contributed by atoms with van der Waals surface area (Å²) in [5, 5.41) is 1.46. The smallest absolute Gasteiger partial charge is 0.338 e. The van der Waals surface area contributed by atoms with Crippen LogP contribution in [-0.4, -0.2) is 11.9 Å². The second kappa shape index (κ2) is 9.82. The molecule has 0 bridgehead atoms. The van der Waals surface area contributed by atoms with Gasteiger partial charge in [0.05, 0.1) is 0 Å². The molecule has 1 atom stereocenters. The van der Waals surface area contributed by atoms with Crippen LogP contribution in [0.2, 0.25) is 0 Å². The van der Waals surface area contributed by atoms with Crippen LogP contribution in [0.3, 0.4) is 0 Å². The van der Waals surface area contributed by atoms with Gasteiger partial charge in [-0.25, -0.2) is 9.59 Å². The summed E-state index contributed by atoms with van der Waals surface area (Å²) in [5.74, 6) is 0.107. The lowest BCUT2D eigenvalue weighted by Gasteiger charge is -2.27.